The van der Waals surface area contributed by atoms with Crippen LogP contribution in [0.2, 0.25) is 0 Å². The lowest BCUT2D eigenvalue weighted by Gasteiger charge is -1.93. The molecule has 0 unspecified atom stereocenters. The van der Waals surface area contributed by atoms with Gasteiger partial charge in [-0.2, -0.15) is 5.26 Å². The Morgan fingerprint density at radius 1 is 1.60 bits per heavy atom. The first-order chi connectivity index (χ1) is 4.83. The molecule has 1 rings (SSSR count). The topological polar surface area (TPSA) is 48.7 Å². The largest absolute Gasteiger partial charge is 0.291 e. The van der Waals surface area contributed by atoms with Gasteiger partial charge in [-0.15, -0.1) is 0 Å². The second-order valence-electron chi connectivity index (χ2n) is 1.63. The number of nitrogens with zero attached hydrogens (tertiary/aromatic N) is 2. The van der Waals surface area contributed by atoms with E-state index in [9.17, 15) is 4.39 Å². The molecule has 0 aliphatic heterocycles. The van der Waals surface area contributed by atoms with Crippen molar-refractivity contribution in [2.45, 2.75) is 0 Å². The van der Waals surface area contributed by atoms with Gasteiger partial charge in [-0.3, -0.25) is 10.3 Å². The number of aromatic nitrogens is 1. The smallest absolute Gasteiger partial charge is 0.181 e. The minimum Gasteiger partial charge on any atom is -0.291 e. The molecule has 0 spiro atoms. The van der Waals surface area contributed by atoms with Gasteiger partial charge in [0.15, 0.2) is 6.19 Å². The molecule has 0 fully saturated rings. The Hall–Kier alpha value is -1.63. The molecule has 0 aliphatic rings. The summed E-state index contributed by atoms with van der Waals surface area (Å²) >= 11 is 0. The zero-order chi connectivity index (χ0) is 7.40. The average Bonchev–Trinajstić information content (AvgIpc) is 1.88. The van der Waals surface area contributed by atoms with E-state index >= 15 is 0 Å². The van der Waals surface area contributed by atoms with Crippen molar-refractivity contribution in [3.05, 3.63) is 24.3 Å². The van der Waals surface area contributed by atoms with E-state index in [-0.39, 0.29) is 0 Å². The quantitative estimate of drug-likeness (QED) is 0.466. The standard InChI is InChI=1S/C6H4FN3/c7-5-1-6(10-4-8)3-9-2-5/h1-3,10H. The van der Waals surface area contributed by atoms with Crippen LogP contribution in [-0.2, 0) is 0 Å². The van der Waals surface area contributed by atoms with Crippen molar-refractivity contribution in [2.75, 3.05) is 5.32 Å². The van der Waals surface area contributed by atoms with Crippen molar-refractivity contribution >= 4 is 5.69 Å². The molecule has 0 amide bonds. The molecule has 1 aromatic rings. The summed E-state index contributed by atoms with van der Waals surface area (Å²) in [6.07, 6.45) is 4.09. The van der Waals surface area contributed by atoms with Crippen LogP contribution in [-0.4, -0.2) is 4.98 Å². The average molecular weight is 137 g/mol. The van der Waals surface area contributed by atoms with E-state index < -0.39 is 5.82 Å². The molecule has 4 heteroatoms. The Morgan fingerprint density at radius 3 is 3.00 bits per heavy atom. The van der Waals surface area contributed by atoms with Crippen molar-refractivity contribution in [1.29, 1.82) is 5.26 Å². The molecule has 1 aromatic heterocycles. The minimum absolute atomic E-state index is 0.363. The van der Waals surface area contributed by atoms with Crippen LogP contribution in [0.25, 0.3) is 0 Å². The number of nitriles is 1. The molecule has 0 bridgehead atoms. The lowest BCUT2D eigenvalue weighted by molar-refractivity contribution is 0.622. The molecule has 10 heavy (non-hydrogen) atoms. The van der Waals surface area contributed by atoms with E-state index in [0.29, 0.717) is 5.69 Å². The number of nitrogens with one attached hydrogen (secondary N) is 1. The Labute approximate surface area is 57.1 Å². The summed E-state index contributed by atoms with van der Waals surface area (Å²) < 4.78 is 12.3. The third-order valence-corrected chi connectivity index (χ3v) is 0.905. The van der Waals surface area contributed by atoms with E-state index in [4.69, 9.17) is 5.26 Å². The highest BCUT2D eigenvalue weighted by atomic mass is 19.1. The van der Waals surface area contributed by atoms with E-state index in [1.165, 1.54) is 12.3 Å². The summed E-state index contributed by atoms with van der Waals surface area (Å²) in [5, 5.41) is 10.4. The SMILES string of the molecule is N#CNc1cncc(F)c1. The van der Waals surface area contributed by atoms with Crippen LogP contribution in [0.3, 0.4) is 0 Å². The van der Waals surface area contributed by atoms with Crippen LogP contribution in [0, 0.1) is 17.3 Å². The van der Waals surface area contributed by atoms with Crippen LogP contribution >= 0.6 is 0 Å². The van der Waals surface area contributed by atoms with E-state index in [1.54, 1.807) is 6.19 Å². The summed E-state index contributed by atoms with van der Waals surface area (Å²) in [5.41, 5.74) is 0.363. The molecule has 0 radical (unpaired) electrons. The molecule has 0 saturated heterocycles. The predicted octanol–water partition coefficient (Wildman–Crippen LogP) is 1.11. The van der Waals surface area contributed by atoms with Gasteiger partial charge in [0.1, 0.15) is 5.82 Å². The summed E-state index contributed by atoms with van der Waals surface area (Å²) in [7, 11) is 0. The molecular weight excluding hydrogens is 133 g/mol. The summed E-state index contributed by atoms with van der Waals surface area (Å²) in [4.78, 5) is 3.51. The minimum atomic E-state index is -0.458. The molecule has 1 heterocycles. The molecule has 1 N–H and O–H groups in total. The van der Waals surface area contributed by atoms with Crippen molar-refractivity contribution in [3.63, 3.8) is 0 Å². The second kappa shape index (κ2) is 2.78. The number of pyridine rings is 1. The Morgan fingerprint density at radius 2 is 2.40 bits per heavy atom. The first kappa shape index (κ1) is 6.49. The Balaban J connectivity index is 2.87. The summed E-state index contributed by atoms with van der Waals surface area (Å²) in [6, 6.07) is 1.19. The first-order valence-electron chi connectivity index (χ1n) is 2.58. The van der Waals surface area contributed by atoms with Crippen LogP contribution < -0.4 is 5.32 Å². The van der Waals surface area contributed by atoms with Gasteiger partial charge in [-0.1, -0.05) is 0 Å². The van der Waals surface area contributed by atoms with Gasteiger partial charge in [0, 0.05) is 6.07 Å². The molecular formula is C6H4FN3. The van der Waals surface area contributed by atoms with Gasteiger partial charge in [-0.25, -0.2) is 4.39 Å². The molecule has 0 atom stereocenters. The van der Waals surface area contributed by atoms with Crippen molar-refractivity contribution in [1.82, 2.24) is 4.98 Å². The van der Waals surface area contributed by atoms with E-state index in [2.05, 4.69) is 10.3 Å². The highest BCUT2D eigenvalue weighted by molar-refractivity contribution is 5.43. The van der Waals surface area contributed by atoms with E-state index in [1.807, 2.05) is 0 Å². The number of halogens is 1. The fourth-order valence-electron chi connectivity index (χ4n) is 0.545. The first-order valence-corrected chi connectivity index (χ1v) is 2.58. The van der Waals surface area contributed by atoms with Gasteiger partial charge < -0.3 is 0 Å². The molecule has 0 saturated carbocycles. The van der Waals surface area contributed by atoms with Gasteiger partial charge in [0.05, 0.1) is 18.1 Å². The summed E-state index contributed by atoms with van der Waals surface area (Å²) in [5.74, 6) is -0.458. The fraction of sp³-hybridized carbons (Fsp3) is 0. The highest BCUT2D eigenvalue weighted by Gasteiger charge is 1.91. The van der Waals surface area contributed by atoms with Crippen LogP contribution in [0.5, 0.6) is 0 Å². The second-order valence-corrected chi connectivity index (χ2v) is 1.63. The fourth-order valence-corrected chi connectivity index (χ4v) is 0.545. The zero-order valence-corrected chi connectivity index (χ0v) is 5.00. The summed E-state index contributed by atoms with van der Waals surface area (Å²) in [6.45, 7) is 0. The number of hydrogen-bond donors (Lipinski definition) is 1. The third-order valence-electron chi connectivity index (χ3n) is 0.905. The normalized spacial score (nSPS) is 8.40. The molecule has 0 aromatic carbocycles. The number of rotatable bonds is 1. The van der Waals surface area contributed by atoms with Crippen molar-refractivity contribution < 1.29 is 4.39 Å². The lowest BCUT2D eigenvalue weighted by atomic mass is 10.4. The monoisotopic (exact) mass is 137 g/mol. The molecule has 3 nitrogen and oxygen atoms in total. The van der Waals surface area contributed by atoms with Gasteiger partial charge in [0.2, 0.25) is 0 Å². The zero-order valence-electron chi connectivity index (χ0n) is 5.00. The van der Waals surface area contributed by atoms with Gasteiger partial charge in [0.25, 0.3) is 0 Å². The van der Waals surface area contributed by atoms with Crippen molar-refractivity contribution in [2.24, 2.45) is 0 Å². The highest BCUT2D eigenvalue weighted by Crippen LogP contribution is 2.04. The Kier molecular flexibility index (Phi) is 1.80. The van der Waals surface area contributed by atoms with Gasteiger partial charge in [-0.05, 0) is 0 Å². The lowest BCUT2D eigenvalue weighted by Crippen LogP contribution is -1.88. The molecule has 50 valence electrons. The maximum absolute atomic E-state index is 12.3. The maximum atomic E-state index is 12.3. The van der Waals surface area contributed by atoms with Gasteiger partial charge >= 0.3 is 0 Å². The number of hydrogen-bond acceptors (Lipinski definition) is 3. The van der Waals surface area contributed by atoms with E-state index in [0.717, 1.165) is 6.20 Å². The van der Waals surface area contributed by atoms with Crippen LogP contribution in [0.15, 0.2) is 18.5 Å². The predicted molar refractivity (Wildman–Crippen MR) is 33.4 cm³/mol. The third kappa shape index (κ3) is 1.42. The van der Waals surface area contributed by atoms with Crippen LogP contribution in [0.1, 0.15) is 0 Å². The van der Waals surface area contributed by atoms with Crippen LogP contribution in [0.4, 0.5) is 10.1 Å². The Bertz CT molecular complexity index is 266. The number of anilines is 1. The van der Waals surface area contributed by atoms with Crippen molar-refractivity contribution in [3.8, 4) is 6.19 Å². The maximum Gasteiger partial charge on any atom is 0.181 e. The molecule has 0 aliphatic carbocycles.